The van der Waals surface area contributed by atoms with Crippen LogP contribution in [0, 0.1) is 6.92 Å². The van der Waals surface area contributed by atoms with Gasteiger partial charge < -0.3 is 10.1 Å². The number of nitrogens with zero attached hydrogens (tertiary/aromatic N) is 2. The highest BCUT2D eigenvalue weighted by atomic mass is 32.1. The first-order valence-corrected chi connectivity index (χ1v) is 10.9. The zero-order valence-electron chi connectivity index (χ0n) is 17.5. The van der Waals surface area contributed by atoms with Crippen LogP contribution in [-0.4, -0.2) is 28.2 Å². The molecular weight excluding hydrogens is 408 g/mol. The number of aryl methyl sites for hydroxylation is 3. The zero-order valence-corrected chi connectivity index (χ0v) is 18.3. The lowest BCUT2D eigenvalue weighted by atomic mass is 10.0. The molecule has 158 valence electrons. The van der Waals surface area contributed by atoms with E-state index in [9.17, 15) is 4.79 Å². The summed E-state index contributed by atoms with van der Waals surface area (Å²) in [5.41, 5.74) is 4.97. The van der Waals surface area contributed by atoms with Crippen molar-refractivity contribution in [2.75, 3.05) is 7.11 Å². The standard InChI is InChI=1S/C24H24N4O2S/c1-16-22(23(29)25-14-18-6-4-3-5-7-18)31-24(27-16)21-19(15-26-28-21)11-8-17-9-12-20(30-2)13-10-17/h3-7,9-10,12-13,15H,8,11,14H2,1-2H3,(H,25,29)(H,26,28). The molecule has 0 bridgehead atoms. The van der Waals surface area contributed by atoms with E-state index in [1.807, 2.05) is 55.6 Å². The van der Waals surface area contributed by atoms with Crippen molar-refractivity contribution >= 4 is 17.2 Å². The SMILES string of the molecule is COc1ccc(CCc2cn[nH]c2-c2nc(C)c(C(=O)NCc3ccccc3)s2)cc1. The Labute approximate surface area is 185 Å². The number of nitrogens with one attached hydrogen (secondary N) is 2. The van der Waals surface area contributed by atoms with E-state index in [2.05, 4.69) is 32.6 Å². The van der Waals surface area contributed by atoms with Crippen molar-refractivity contribution < 1.29 is 9.53 Å². The van der Waals surface area contributed by atoms with Crippen molar-refractivity contribution in [1.82, 2.24) is 20.5 Å². The second-order valence-electron chi connectivity index (χ2n) is 7.22. The van der Waals surface area contributed by atoms with E-state index in [1.54, 1.807) is 7.11 Å². The number of thiazole rings is 1. The van der Waals surface area contributed by atoms with Crippen molar-refractivity contribution in [3.05, 3.63) is 88.1 Å². The van der Waals surface area contributed by atoms with Gasteiger partial charge in [-0.2, -0.15) is 5.10 Å². The lowest BCUT2D eigenvalue weighted by Crippen LogP contribution is -2.22. The first-order chi connectivity index (χ1) is 15.1. The molecular formula is C24H24N4O2S. The summed E-state index contributed by atoms with van der Waals surface area (Å²) in [6, 6.07) is 17.9. The highest BCUT2D eigenvalue weighted by molar-refractivity contribution is 7.17. The summed E-state index contributed by atoms with van der Waals surface area (Å²) in [5.74, 6) is 0.744. The number of hydrogen-bond acceptors (Lipinski definition) is 5. The largest absolute Gasteiger partial charge is 0.497 e. The number of ether oxygens (including phenoxy) is 1. The molecule has 0 aliphatic rings. The minimum atomic E-state index is -0.107. The minimum Gasteiger partial charge on any atom is -0.497 e. The van der Waals surface area contributed by atoms with Crippen molar-refractivity contribution in [2.24, 2.45) is 0 Å². The van der Waals surface area contributed by atoms with Crippen LogP contribution in [0.25, 0.3) is 10.7 Å². The Bertz CT molecular complexity index is 1150. The Morgan fingerprint density at radius 3 is 2.58 bits per heavy atom. The summed E-state index contributed by atoms with van der Waals surface area (Å²) < 4.78 is 5.22. The number of methoxy groups -OCH3 is 1. The molecule has 4 rings (SSSR count). The van der Waals surface area contributed by atoms with Gasteiger partial charge in [0, 0.05) is 12.1 Å². The molecule has 31 heavy (non-hydrogen) atoms. The Balaban J connectivity index is 1.44. The molecule has 6 nitrogen and oxygen atoms in total. The van der Waals surface area contributed by atoms with Gasteiger partial charge in [-0.15, -0.1) is 11.3 Å². The highest BCUT2D eigenvalue weighted by Crippen LogP contribution is 2.29. The number of hydrogen-bond donors (Lipinski definition) is 2. The van der Waals surface area contributed by atoms with Gasteiger partial charge >= 0.3 is 0 Å². The van der Waals surface area contributed by atoms with E-state index in [1.165, 1.54) is 16.9 Å². The molecule has 2 aromatic heterocycles. The summed E-state index contributed by atoms with van der Waals surface area (Å²) in [5, 5.41) is 11.0. The number of aromatic amines is 1. The van der Waals surface area contributed by atoms with Gasteiger partial charge in [-0.25, -0.2) is 4.98 Å². The highest BCUT2D eigenvalue weighted by Gasteiger charge is 2.19. The zero-order chi connectivity index (χ0) is 21.6. The molecule has 0 spiro atoms. The van der Waals surface area contributed by atoms with Crippen molar-refractivity contribution in [3.63, 3.8) is 0 Å². The van der Waals surface area contributed by atoms with Crippen molar-refractivity contribution in [3.8, 4) is 16.5 Å². The van der Waals surface area contributed by atoms with Crippen LogP contribution in [0.2, 0.25) is 0 Å². The number of carbonyl (C=O) groups excluding carboxylic acids is 1. The van der Waals surface area contributed by atoms with Gasteiger partial charge in [0.25, 0.3) is 5.91 Å². The predicted molar refractivity (Wildman–Crippen MR) is 122 cm³/mol. The average molecular weight is 433 g/mol. The fourth-order valence-electron chi connectivity index (χ4n) is 3.33. The molecule has 2 N–H and O–H groups in total. The number of aromatic nitrogens is 3. The average Bonchev–Trinajstić information content (AvgIpc) is 3.43. The molecule has 0 radical (unpaired) electrons. The van der Waals surface area contributed by atoms with Crippen LogP contribution in [0.4, 0.5) is 0 Å². The van der Waals surface area contributed by atoms with E-state index in [0.29, 0.717) is 11.4 Å². The van der Waals surface area contributed by atoms with Crippen LogP contribution < -0.4 is 10.1 Å². The molecule has 0 saturated heterocycles. The predicted octanol–water partition coefficient (Wildman–Crippen LogP) is 4.57. The maximum absolute atomic E-state index is 12.7. The Morgan fingerprint density at radius 1 is 1.06 bits per heavy atom. The van der Waals surface area contributed by atoms with Crippen molar-refractivity contribution in [1.29, 1.82) is 0 Å². The fraction of sp³-hybridized carbons (Fsp3) is 0.208. The number of carbonyl (C=O) groups is 1. The van der Waals surface area contributed by atoms with Crippen LogP contribution in [0.3, 0.4) is 0 Å². The topological polar surface area (TPSA) is 79.9 Å². The molecule has 0 aliphatic heterocycles. The lowest BCUT2D eigenvalue weighted by Gasteiger charge is -2.04. The first-order valence-electron chi connectivity index (χ1n) is 10.1. The third-order valence-corrected chi connectivity index (χ3v) is 6.25. The van der Waals surface area contributed by atoms with Gasteiger partial charge in [-0.3, -0.25) is 9.89 Å². The molecule has 1 amide bonds. The molecule has 4 aromatic rings. The molecule has 0 aliphatic carbocycles. The molecule has 0 fully saturated rings. The maximum atomic E-state index is 12.7. The van der Waals surface area contributed by atoms with Gasteiger partial charge in [0.1, 0.15) is 15.6 Å². The van der Waals surface area contributed by atoms with Crippen LogP contribution >= 0.6 is 11.3 Å². The van der Waals surface area contributed by atoms with Crippen LogP contribution in [0.15, 0.2) is 60.8 Å². The van der Waals surface area contributed by atoms with Crippen molar-refractivity contribution in [2.45, 2.75) is 26.3 Å². The van der Waals surface area contributed by atoms with Gasteiger partial charge in [0.2, 0.25) is 0 Å². The van der Waals surface area contributed by atoms with Gasteiger partial charge in [0.15, 0.2) is 0 Å². The smallest absolute Gasteiger partial charge is 0.263 e. The number of benzene rings is 2. The fourth-order valence-corrected chi connectivity index (χ4v) is 4.34. The Morgan fingerprint density at radius 2 is 1.84 bits per heavy atom. The van der Waals surface area contributed by atoms with E-state index in [0.717, 1.165) is 46.1 Å². The normalized spacial score (nSPS) is 10.8. The summed E-state index contributed by atoms with van der Waals surface area (Å²) in [6.45, 7) is 2.36. The number of amides is 1. The van der Waals surface area contributed by atoms with Gasteiger partial charge in [0.05, 0.1) is 24.7 Å². The summed E-state index contributed by atoms with van der Waals surface area (Å²) in [7, 11) is 1.67. The second kappa shape index (κ2) is 9.57. The van der Waals surface area contributed by atoms with Gasteiger partial charge in [-0.05, 0) is 43.0 Å². The molecule has 0 atom stereocenters. The van der Waals surface area contributed by atoms with E-state index >= 15 is 0 Å². The van der Waals surface area contributed by atoms with Crippen LogP contribution in [0.1, 0.15) is 32.1 Å². The summed E-state index contributed by atoms with van der Waals surface area (Å²) >= 11 is 1.39. The van der Waals surface area contributed by atoms with Crippen LogP contribution in [-0.2, 0) is 19.4 Å². The molecule has 0 unspecified atom stereocenters. The quantitative estimate of drug-likeness (QED) is 0.428. The van der Waals surface area contributed by atoms with E-state index < -0.39 is 0 Å². The second-order valence-corrected chi connectivity index (χ2v) is 8.22. The van der Waals surface area contributed by atoms with E-state index in [4.69, 9.17) is 4.74 Å². The first kappa shape index (κ1) is 20.8. The maximum Gasteiger partial charge on any atom is 0.263 e. The third kappa shape index (κ3) is 5.00. The lowest BCUT2D eigenvalue weighted by molar-refractivity contribution is 0.0954. The van der Waals surface area contributed by atoms with E-state index in [-0.39, 0.29) is 5.91 Å². The Kier molecular flexibility index (Phi) is 6.43. The Hall–Kier alpha value is -3.45. The van der Waals surface area contributed by atoms with Gasteiger partial charge in [-0.1, -0.05) is 42.5 Å². The summed E-state index contributed by atoms with van der Waals surface area (Å²) in [6.07, 6.45) is 3.54. The molecule has 2 aromatic carbocycles. The summed E-state index contributed by atoms with van der Waals surface area (Å²) in [4.78, 5) is 18.0. The molecule has 7 heteroatoms. The monoisotopic (exact) mass is 432 g/mol. The van der Waals surface area contributed by atoms with Crippen LogP contribution in [0.5, 0.6) is 5.75 Å². The number of H-pyrrole nitrogens is 1. The molecule has 0 saturated carbocycles. The number of rotatable bonds is 8. The molecule has 2 heterocycles. The minimum absolute atomic E-state index is 0.107. The third-order valence-electron chi connectivity index (χ3n) is 5.07.